The Morgan fingerprint density at radius 1 is 1.29 bits per heavy atom. The third-order valence-corrected chi connectivity index (χ3v) is 4.45. The SMILES string of the molecule is Cc1noc(C)c1CCC(=O)N1CCc2nc(C(N)=O)cn2CC1. The van der Waals surface area contributed by atoms with E-state index in [-0.39, 0.29) is 11.6 Å². The maximum atomic E-state index is 12.5. The van der Waals surface area contributed by atoms with Crippen molar-refractivity contribution in [1.29, 1.82) is 0 Å². The molecule has 128 valence electrons. The summed E-state index contributed by atoms with van der Waals surface area (Å²) < 4.78 is 7.04. The molecule has 1 aliphatic rings. The summed E-state index contributed by atoms with van der Waals surface area (Å²) in [6.45, 7) is 5.56. The highest BCUT2D eigenvalue weighted by Gasteiger charge is 2.21. The smallest absolute Gasteiger partial charge is 0.268 e. The summed E-state index contributed by atoms with van der Waals surface area (Å²) in [5.41, 5.74) is 7.39. The van der Waals surface area contributed by atoms with E-state index in [4.69, 9.17) is 10.3 Å². The molecule has 3 heterocycles. The molecule has 2 aromatic rings. The fraction of sp³-hybridized carbons (Fsp3) is 0.500. The summed E-state index contributed by atoms with van der Waals surface area (Å²) in [5.74, 6) is 1.15. The number of rotatable bonds is 4. The Labute approximate surface area is 139 Å². The predicted molar refractivity (Wildman–Crippen MR) is 85.3 cm³/mol. The first-order chi connectivity index (χ1) is 11.5. The molecule has 8 heteroatoms. The summed E-state index contributed by atoms with van der Waals surface area (Å²) >= 11 is 0. The summed E-state index contributed by atoms with van der Waals surface area (Å²) in [4.78, 5) is 29.8. The third kappa shape index (κ3) is 3.17. The Hall–Kier alpha value is -2.64. The fourth-order valence-electron chi connectivity index (χ4n) is 3.04. The molecule has 0 saturated carbocycles. The molecular formula is C16H21N5O3. The van der Waals surface area contributed by atoms with Crippen molar-refractivity contribution >= 4 is 11.8 Å². The molecule has 0 saturated heterocycles. The van der Waals surface area contributed by atoms with Crippen molar-refractivity contribution in [1.82, 2.24) is 19.6 Å². The molecule has 1 aliphatic heterocycles. The number of hydrogen-bond donors (Lipinski definition) is 1. The molecule has 0 unspecified atom stereocenters. The van der Waals surface area contributed by atoms with Crippen LogP contribution < -0.4 is 5.73 Å². The fourth-order valence-corrected chi connectivity index (χ4v) is 3.04. The van der Waals surface area contributed by atoms with Crippen molar-refractivity contribution in [2.75, 3.05) is 13.1 Å². The molecule has 2 aromatic heterocycles. The Kier molecular flexibility index (Phi) is 4.37. The Morgan fingerprint density at radius 2 is 2.08 bits per heavy atom. The monoisotopic (exact) mass is 331 g/mol. The number of carbonyl (C=O) groups excluding carboxylic acids is 2. The summed E-state index contributed by atoms with van der Waals surface area (Å²) in [6, 6.07) is 0. The van der Waals surface area contributed by atoms with Gasteiger partial charge in [0.1, 0.15) is 17.3 Å². The van der Waals surface area contributed by atoms with E-state index in [9.17, 15) is 9.59 Å². The van der Waals surface area contributed by atoms with Gasteiger partial charge >= 0.3 is 0 Å². The standard InChI is InChI=1S/C16H21N5O3/c1-10-12(11(2)24-19-10)3-4-15(22)20-6-5-14-18-13(16(17)23)9-21(14)8-7-20/h9H,3-8H2,1-2H3,(H2,17,23). The second-order valence-electron chi connectivity index (χ2n) is 6.03. The van der Waals surface area contributed by atoms with Crippen LogP contribution in [0.3, 0.4) is 0 Å². The minimum Gasteiger partial charge on any atom is -0.364 e. The van der Waals surface area contributed by atoms with Crippen LogP contribution in [-0.4, -0.2) is 44.5 Å². The first kappa shape index (κ1) is 16.2. The van der Waals surface area contributed by atoms with Crippen LogP contribution in [0.4, 0.5) is 0 Å². The van der Waals surface area contributed by atoms with Gasteiger partial charge in [-0.2, -0.15) is 0 Å². The number of aryl methyl sites for hydroxylation is 2. The molecule has 3 rings (SSSR count). The number of imidazole rings is 1. The quantitative estimate of drug-likeness (QED) is 0.883. The lowest BCUT2D eigenvalue weighted by Gasteiger charge is -2.20. The van der Waals surface area contributed by atoms with E-state index in [0.717, 1.165) is 22.8 Å². The zero-order chi connectivity index (χ0) is 17.3. The van der Waals surface area contributed by atoms with Crippen LogP contribution in [0.15, 0.2) is 10.7 Å². The zero-order valence-electron chi connectivity index (χ0n) is 13.9. The minimum atomic E-state index is -0.525. The van der Waals surface area contributed by atoms with E-state index in [2.05, 4.69) is 10.1 Å². The molecule has 2 N–H and O–H groups in total. The first-order valence-corrected chi connectivity index (χ1v) is 8.01. The van der Waals surface area contributed by atoms with Gasteiger partial charge < -0.3 is 19.7 Å². The van der Waals surface area contributed by atoms with Gasteiger partial charge in [0.15, 0.2) is 0 Å². The van der Waals surface area contributed by atoms with Crippen LogP contribution >= 0.6 is 0 Å². The molecule has 0 radical (unpaired) electrons. The zero-order valence-corrected chi connectivity index (χ0v) is 13.9. The Bertz CT molecular complexity index is 732. The van der Waals surface area contributed by atoms with Crippen molar-refractivity contribution in [3.8, 4) is 0 Å². The van der Waals surface area contributed by atoms with Gasteiger partial charge in [-0.05, 0) is 20.3 Å². The van der Waals surface area contributed by atoms with Crippen LogP contribution in [0, 0.1) is 13.8 Å². The van der Waals surface area contributed by atoms with Crippen LogP contribution in [0.25, 0.3) is 0 Å². The van der Waals surface area contributed by atoms with Gasteiger partial charge in [-0.1, -0.05) is 5.16 Å². The molecule has 0 aliphatic carbocycles. The van der Waals surface area contributed by atoms with Gasteiger partial charge in [0.25, 0.3) is 5.91 Å². The van der Waals surface area contributed by atoms with Gasteiger partial charge in [-0.25, -0.2) is 4.98 Å². The normalized spacial score (nSPS) is 14.3. The molecule has 0 fully saturated rings. The molecule has 0 spiro atoms. The number of fused-ring (bicyclic) bond motifs is 1. The van der Waals surface area contributed by atoms with Crippen molar-refractivity contribution in [2.24, 2.45) is 5.73 Å². The highest BCUT2D eigenvalue weighted by atomic mass is 16.5. The Morgan fingerprint density at radius 3 is 2.75 bits per heavy atom. The van der Waals surface area contributed by atoms with E-state index < -0.39 is 5.91 Å². The average Bonchev–Trinajstić information content (AvgIpc) is 3.03. The van der Waals surface area contributed by atoms with E-state index in [1.807, 2.05) is 23.3 Å². The maximum absolute atomic E-state index is 12.5. The van der Waals surface area contributed by atoms with Crippen molar-refractivity contribution in [3.05, 3.63) is 34.7 Å². The van der Waals surface area contributed by atoms with Crippen molar-refractivity contribution < 1.29 is 14.1 Å². The number of hydrogen-bond acceptors (Lipinski definition) is 5. The first-order valence-electron chi connectivity index (χ1n) is 8.01. The van der Waals surface area contributed by atoms with Gasteiger partial charge in [-0.15, -0.1) is 0 Å². The topological polar surface area (TPSA) is 107 Å². The molecule has 2 amide bonds. The van der Waals surface area contributed by atoms with Crippen molar-refractivity contribution in [2.45, 2.75) is 39.7 Å². The summed E-state index contributed by atoms with van der Waals surface area (Å²) in [7, 11) is 0. The van der Waals surface area contributed by atoms with Crippen LogP contribution in [0.5, 0.6) is 0 Å². The van der Waals surface area contributed by atoms with E-state index >= 15 is 0 Å². The minimum absolute atomic E-state index is 0.107. The number of carbonyl (C=O) groups is 2. The lowest BCUT2D eigenvalue weighted by atomic mass is 10.1. The highest BCUT2D eigenvalue weighted by molar-refractivity contribution is 5.90. The number of aromatic nitrogens is 3. The third-order valence-electron chi connectivity index (χ3n) is 4.45. The van der Waals surface area contributed by atoms with Crippen molar-refractivity contribution in [3.63, 3.8) is 0 Å². The molecule has 0 bridgehead atoms. The summed E-state index contributed by atoms with van der Waals surface area (Å²) in [6.07, 6.45) is 3.34. The second-order valence-corrected chi connectivity index (χ2v) is 6.03. The number of primary amides is 1. The number of nitrogens with zero attached hydrogens (tertiary/aromatic N) is 4. The van der Waals surface area contributed by atoms with E-state index in [1.165, 1.54) is 0 Å². The second kappa shape index (κ2) is 6.46. The lowest BCUT2D eigenvalue weighted by Crippen LogP contribution is -2.33. The highest BCUT2D eigenvalue weighted by Crippen LogP contribution is 2.16. The molecule has 0 atom stereocenters. The van der Waals surface area contributed by atoms with Crippen LogP contribution in [0.1, 0.15) is 39.8 Å². The number of amides is 2. The van der Waals surface area contributed by atoms with Crippen LogP contribution in [-0.2, 0) is 24.2 Å². The molecule has 8 nitrogen and oxygen atoms in total. The lowest BCUT2D eigenvalue weighted by molar-refractivity contribution is -0.131. The summed E-state index contributed by atoms with van der Waals surface area (Å²) in [5, 5.41) is 3.91. The largest absolute Gasteiger partial charge is 0.364 e. The number of nitrogens with two attached hydrogens (primary N) is 1. The maximum Gasteiger partial charge on any atom is 0.268 e. The average molecular weight is 331 g/mol. The van der Waals surface area contributed by atoms with Gasteiger partial charge in [-0.3, -0.25) is 9.59 Å². The van der Waals surface area contributed by atoms with Crippen LogP contribution in [0.2, 0.25) is 0 Å². The Balaban J connectivity index is 1.59. The van der Waals surface area contributed by atoms with E-state index in [1.54, 1.807) is 6.20 Å². The molecular weight excluding hydrogens is 310 g/mol. The molecule has 24 heavy (non-hydrogen) atoms. The van der Waals surface area contributed by atoms with Gasteiger partial charge in [0, 0.05) is 44.2 Å². The molecule has 0 aromatic carbocycles. The van der Waals surface area contributed by atoms with Gasteiger partial charge in [0.2, 0.25) is 5.91 Å². The van der Waals surface area contributed by atoms with E-state index in [0.29, 0.717) is 38.9 Å². The predicted octanol–water partition coefficient (Wildman–Crippen LogP) is 0.604. The van der Waals surface area contributed by atoms with Gasteiger partial charge in [0.05, 0.1) is 5.69 Å².